The number of amides is 1. The first-order valence-corrected chi connectivity index (χ1v) is 7.37. The maximum Gasteiger partial charge on any atom is 0.229 e. The van der Waals surface area contributed by atoms with Crippen LogP contribution >= 0.6 is 0 Å². The number of rotatable bonds is 6. The van der Waals surface area contributed by atoms with E-state index >= 15 is 0 Å². The average molecular weight is 307 g/mol. The van der Waals surface area contributed by atoms with E-state index in [1.165, 1.54) is 0 Å². The molecule has 0 aromatic heterocycles. The van der Waals surface area contributed by atoms with Gasteiger partial charge in [0.25, 0.3) is 0 Å². The molecule has 0 radical (unpaired) electrons. The number of nitrogens with zero attached hydrogens (tertiary/aromatic N) is 1. The van der Waals surface area contributed by atoms with Gasteiger partial charge in [-0.2, -0.15) is 0 Å². The molecule has 0 spiro atoms. The molecular weight excluding hydrogens is 286 g/mol. The van der Waals surface area contributed by atoms with Crippen molar-refractivity contribution in [1.82, 2.24) is 4.90 Å². The van der Waals surface area contributed by atoms with Gasteiger partial charge in [-0.05, 0) is 24.1 Å². The second-order valence-electron chi connectivity index (χ2n) is 5.75. The Morgan fingerprint density at radius 3 is 2.64 bits per heavy atom. The van der Waals surface area contributed by atoms with Gasteiger partial charge in [-0.25, -0.2) is 0 Å². The molecule has 6 heteroatoms. The Morgan fingerprint density at radius 2 is 2.00 bits per heavy atom. The van der Waals surface area contributed by atoms with Gasteiger partial charge in [-0.15, -0.1) is 0 Å². The second kappa shape index (κ2) is 6.24. The number of likely N-dealkylation sites (tertiary alicyclic amines) is 1. The zero-order valence-corrected chi connectivity index (χ0v) is 12.8. The highest BCUT2D eigenvalue weighted by molar-refractivity contribution is 5.84. The van der Waals surface area contributed by atoms with Crippen molar-refractivity contribution in [1.29, 1.82) is 0 Å². The smallest absolute Gasteiger partial charge is 0.229 e. The SMILES string of the molecule is COCO[C@H]1[C@H]2[C@@H](O)C[C@@H]1C(=O)N2Cc1ccc(OC)cc1. The summed E-state index contributed by atoms with van der Waals surface area (Å²) in [5.74, 6) is 0.556. The third-order valence-electron chi connectivity index (χ3n) is 4.47. The first-order valence-electron chi connectivity index (χ1n) is 7.37. The number of hydrogen-bond donors (Lipinski definition) is 1. The number of fused-ring (bicyclic) bond motifs is 2. The Hall–Kier alpha value is -1.63. The van der Waals surface area contributed by atoms with Crippen LogP contribution in [0, 0.1) is 5.92 Å². The number of aliphatic hydroxyl groups is 1. The predicted octanol–water partition coefficient (Wildman–Crippen LogP) is 0.776. The number of piperidine rings is 1. The molecule has 2 aliphatic rings. The zero-order valence-electron chi connectivity index (χ0n) is 12.8. The van der Waals surface area contributed by atoms with Crippen LogP contribution < -0.4 is 4.74 Å². The van der Waals surface area contributed by atoms with Crippen LogP contribution in [0.5, 0.6) is 5.75 Å². The van der Waals surface area contributed by atoms with Gasteiger partial charge in [-0.1, -0.05) is 12.1 Å². The van der Waals surface area contributed by atoms with Gasteiger partial charge < -0.3 is 24.2 Å². The highest BCUT2D eigenvalue weighted by Crippen LogP contribution is 2.41. The fourth-order valence-electron chi connectivity index (χ4n) is 3.45. The quantitative estimate of drug-likeness (QED) is 0.787. The number of aliphatic hydroxyl groups excluding tert-OH is 1. The average Bonchev–Trinajstić information content (AvgIpc) is 2.98. The molecule has 1 saturated heterocycles. The number of carbonyl (C=O) groups excluding carboxylic acids is 1. The summed E-state index contributed by atoms with van der Waals surface area (Å²) in [6.45, 7) is 0.599. The van der Waals surface area contributed by atoms with Crippen molar-refractivity contribution >= 4 is 5.91 Å². The molecule has 1 aliphatic heterocycles. The van der Waals surface area contributed by atoms with E-state index in [0.29, 0.717) is 13.0 Å². The molecule has 6 nitrogen and oxygen atoms in total. The Morgan fingerprint density at radius 1 is 1.27 bits per heavy atom. The van der Waals surface area contributed by atoms with E-state index in [1.807, 2.05) is 24.3 Å². The Labute approximate surface area is 129 Å². The summed E-state index contributed by atoms with van der Waals surface area (Å²) in [5.41, 5.74) is 0.999. The molecule has 2 bridgehead atoms. The first-order chi connectivity index (χ1) is 10.7. The van der Waals surface area contributed by atoms with E-state index in [0.717, 1.165) is 11.3 Å². The number of carbonyl (C=O) groups is 1. The van der Waals surface area contributed by atoms with Gasteiger partial charge in [0, 0.05) is 13.7 Å². The molecule has 2 fully saturated rings. The van der Waals surface area contributed by atoms with E-state index < -0.39 is 6.10 Å². The first kappa shape index (κ1) is 15.3. The summed E-state index contributed by atoms with van der Waals surface area (Å²) < 4.78 is 15.7. The minimum atomic E-state index is -0.539. The van der Waals surface area contributed by atoms with E-state index in [9.17, 15) is 9.90 Å². The van der Waals surface area contributed by atoms with Crippen LogP contribution in [0.25, 0.3) is 0 Å². The van der Waals surface area contributed by atoms with Gasteiger partial charge in [0.2, 0.25) is 5.91 Å². The molecule has 4 atom stereocenters. The van der Waals surface area contributed by atoms with Crippen LogP contribution in [0.2, 0.25) is 0 Å². The molecule has 1 amide bonds. The normalized spacial score (nSPS) is 30.1. The molecule has 0 unspecified atom stereocenters. The standard InChI is InChI=1S/C16H21NO5/c1-20-9-22-15-12-7-13(18)14(15)17(16(12)19)8-10-3-5-11(21-2)6-4-10/h3-6,12-15,18H,7-9H2,1-2H3/t12-,13-,14+,15+/m0/s1. The molecule has 1 heterocycles. The highest BCUT2D eigenvalue weighted by atomic mass is 16.7. The van der Waals surface area contributed by atoms with Crippen molar-refractivity contribution in [2.45, 2.75) is 31.2 Å². The molecule has 22 heavy (non-hydrogen) atoms. The molecule has 120 valence electrons. The summed E-state index contributed by atoms with van der Waals surface area (Å²) in [7, 11) is 3.16. The van der Waals surface area contributed by atoms with Crippen molar-refractivity contribution in [2.75, 3.05) is 21.0 Å². The van der Waals surface area contributed by atoms with Crippen LogP contribution in [0.3, 0.4) is 0 Å². The van der Waals surface area contributed by atoms with Gasteiger partial charge in [-0.3, -0.25) is 4.79 Å². The third kappa shape index (κ3) is 2.58. The highest BCUT2D eigenvalue weighted by Gasteiger charge is 2.58. The Kier molecular flexibility index (Phi) is 4.33. The maximum atomic E-state index is 12.5. The van der Waals surface area contributed by atoms with E-state index in [2.05, 4.69) is 0 Å². The summed E-state index contributed by atoms with van der Waals surface area (Å²) >= 11 is 0. The van der Waals surface area contributed by atoms with Crippen molar-refractivity contribution in [2.24, 2.45) is 5.92 Å². The molecule has 1 aromatic carbocycles. The third-order valence-corrected chi connectivity index (χ3v) is 4.47. The van der Waals surface area contributed by atoms with Crippen LogP contribution in [-0.2, 0) is 20.8 Å². The zero-order chi connectivity index (χ0) is 15.7. The lowest BCUT2D eigenvalue weighted by molar-refractivity contribution is -0.138. The van der Waals surface area contributed by atoms with Gasteiger partial charge in [0.1, 0.15) is 12.5 Å². The second-order valence-corrected chi connectivity index (χ2v) is 5.75. The fraction of sp³-hybridized carbons (Fsp3) is 0.562. The monoisotopic (exact) mass is 307 g/mol. The summed E-state index contributed by atoms with van der Waals surface area (Å²) in [6, 6.07) is 7.28. The van der Waals surface area contributed by atoms with Gasteiger partial charge in [0.05, 0.1) is 31.3 Å². The van der Waals surface area contributed by atoms with E-state index in [1.54, 1.807) is 19.1 Å². The van der Waals surface area contributed by atoms with Crippen LogP contribution in [0.15, 0.2) is 24.3 Å². The summed E-state index contributed by atoms with van der Waals surface area (Å²) in [5, 5.41) is 10.2. The van der Waals surface area contributed by atoms with Crippen LogP contribution in [-0.4, -0.2) is 55.2 Å². The Balaban J connectivity index is 1.74. The van der Waals surface area contributed by atoms with Gasteiger partial charge in [0.15, 0.2) is 0 Å². The van der Waals surface area contributed by atoms with Crippen molar-refractivity contribution in [3.05, 3.63) is 29.8 Å². The van der Waals surface area contributed by atoms with E-state index in [-0.39, 0.29) is 30.8 Å². The lowest BCUT2D eigenvalue weighted by atomic mass is 10.1. The molecule has 1 aromatic rings. The number of methoxy groups -OCH3 is 2. The minimum Gasteiger partial charge on any atom is -0.497 e. The molecular formula is C16H21NO5. The maximum absolute atomic E-state index is 12.5. The predicted molar refractivity (Wildman–Crippen MR) is 78.2 cm³/mol. The molecule has 1 saturated carbocycles. The largest absolute Gasteiger partial charge is 0.497 e. The van der Waals surface area contributed by atoms with Crippen molar-refractivity contribution in [3.8, 4) is 5.75 Å². The molecule has 1 aliphatic carbocycles. The number of benzene rings is 1. The lowest BCUT2D eigenvalue weighted by Gasteiger charge is -2.31. The van der Waals surface area contributed by atoms with Crippen molar-refractivity contribution in [3.63, 3.8) is 0 Å². The summed E-state index contributed by atoms with van der Waals surface area (Å²) in [6.07, 6.45) is -0.361. The molecule has 1 N–H and O–H groups in total. The van der Waals surface area contributed by atoms with Crippen molar-refractivity contribution < 1.29 is 24.1 Å². The molecule has 3 rings (SSSR count). The van der Waals surface area contributed by atoms with Crippen LogP contribution in [0.4, 0.5) is 0 Å². The number of ether oxygens (including phenoxy) is 3. The fourth-order valence-corrected chi connectivity index (χ4v) is 3.45. The topological polar surface area (TPSA) is 68.2 Å². The minimum absolute atomic E-state index is 0.0484. The summed E-state index contributed by atoms with van der Waals surface area (Å²) in [4.78, 5) is 14.2. The van der Waals surface area contributed by atoms with Crippen LogP contribution in [0.1, 0.15) is 12.0 Å². The number of hydrogen-bond acceptors (Lipinski definition) is 5. The van der Waals surface area contributed by atoms with E-state index in [4.69, 9.17) is 14.2 Å². The Bertz CT molecular complexity index is 532. The lowest BCUT2D eigenvalue weighted by Crippen LogP contribution is -2.45. The van der Waals surface area contributed by atoms with Gasteiger partial charge >= 0.3 is 0 Å².